The van der Waals surface area contributed by atoms with E-state index in [2.05, 4.69) is 0 Å². The third kappa shape index (κ3) is 3.24. The van der Waals surface area contributed by atoms with Gasteiger partial charge < -0.3 is 9.47 Å². The highest BCUT2D eigenvalue weighted by molar-refractivity contribution is 6.01. The lowest BCUT2D eigenvalue weighted by molar-refractivity contribution is 0.0994. The van der Waals surface area contributed by atoms with E-state index in [0.717, 1.165) is 35.5 Å². The van der Waals surface area contributed by atoms with Crippen molar-refractivity contribution in [1.82, 2.24) is 0 Å². The molecule has 0 spiro atoms. The van der Waals surface area contributed by atoms with Crippen molar-refractivity contribution in [3.8, 4) is 11.5 Å². The van der Waals surface area contributed by atoms with Crippen LogP contribution in [-0.2, 0) is 6.42 Å². The van der Waals surface area contributed by atoms with Crippen LogP contribution in [0.15, 0.2) is 48.5 Å². The molecule has 2 aromatic carbocycles. The zero-order chi connectivity index (χ0) is 14.5. The van der Waals surface area contributed by atoms with Gasteiger partial charge in [-0.2, -0.15) is 0 Å². The van der Waals surface area contributed by atoms with Crippen LogP contribution in [0.3, 0.4) is 0 Å². The van der Waals surface area contributed by atoms with Gasteiger partial charge >= 0.3 is 0 Å². The van der Waals surface area contributed by atoms with Crippen molar-refractivity contribution in [2.45, 2.75) is 19.3 Å². The molecule has 3 heteroatoms. The molecule has 1 aliphatic rings. The van der Waals surface area contributed by atoms with E-state index >= 15 is 0 Å². The molecule has 0 fully saturated rings. The van der Waals surface area contributed by atoms with Gasteiger partial charge in [0.2, 0.25) is 0 Å². The number of ketones is 1. The summed E-state index contributed by atoms with van der Waals surface area (Å²) in [4.78, 5) is 11.7. The summed E-state index contributed by atoms with van der Waals surface area (Å²) in [6.07, 6.45) is 2.21. The molecule has 0 saturated heterocycles. The number of Topliss-reactive ketones (excluding diaryl/α,β-unsaturated/α-hetero) is 1. The second kappa shape index (κ2) is 6.44. The number of fused-ring (bicyclic) bond motifs is 1. The standard InChI is InChI=1S/C18H18O3/c19-17-11-10-16-15(17)8-4-9-18(16)21-13-5-12-20-14-6-2-1-3-7-14/h1-4,6-9H,5,10-13H2. The zero-order valence-electron chi connectivity index (χ0n) is 11.9. The Hall–Kier alpha value is -2.29. The van der Waals surface area contributed by atoms with Crippen LogP contribution in [0.5, 0.6) is 11.5 Å². The molecule has 0 atom stereocenters. The first-order valence-electron chi connectivity index (χ1n) is 7.30. The average Bonchev–Trinajstić information content (AvgIpc) is 2.90. The van der Waals surface area contributed by atoms with E-state index < -0.39 is 0 Å². The highest BCUT2D eigenvalue weighted by atomic mass is 16.5. The minimum absolute atomic E-state index is 0.225. The molecule has 0 N–H and O–H groups in total. The molecule has 0 aliphatic heterocycles. The maximum absolute atomic E-state index is 11.7. The molecular weight excluding hydrogens is 264 g/mol. The van der Waals surface area contributed by atoms with Crippen molar-refractivity contribution in [1.29, 1.82) is 0 Å². The minimum Gasteiger partial charge on any atom is -0.493 e. The molecule has 3 rings (SSSR count). The first kappa shape index (κ1) is 13.7. The van der Waals surface area contributed by atoms with Crippen LogP contribution in [-0.4, -0.2) is 19.0 Å². The van der Waals surface area contributed by atoms with Crippen LogP contribution >= 0.6 is 0 Å². The molecule has 1 aliphatic carbocycles. The number of hydrogen-bond acceptors (Lipinski definition) is 3. The molecule has 0 saturated carbocycles. The maximum Gasteiger partial charge on any atom is 0.163 e. The summed E-state index contributed by atoms with van der Waals surface area (Å²) in [5, 5.41) is 0. The fourth-order valence-corrected chi connectivity index (χ4v) is 2.54. The molecule has 0 unspecified atom stereocenters. The van der Waals surface area contributed by atoms with Gasteiger partial charge in [0.05, 0.1) is 13.2 Å². The van der Waals surface area contributed by atoms with Crippen molar-refractivity contribution >= 4 is 5.78 Å². The number of benzene rings is 2. The molecule has 0 radical (unpaired) electrons. The van der Waals surface area contributed by atoms with E-state index in [-0.39, 0.29) is 5.78 Å². The van der Waals surface area contributed by atoms with Gasteiger partial charge in [-0.1, -0.05) is 30.3 Å². The van der Waals surface area contributed by atoms with E-state index in [9.17, 15) is 4.79 Å². The predicted molar refractivity (Wildman–Crippen MR) is 81.1 cm³/mol. The molecule has 21 heavy (non-hydrogen) atoms. The third-order valence-corrected chi connectivity index (χ3v) is 3.59. The largest absolute Gasteiger partial charge is 0.493 e. The van der Waals surface area contributed by atoms with E-state index in [4.69, 9.17) is 9.47 Å². The van der Waals surface area contributed by atoms with E-state index in [1.165, 1.54) is 0 Å². The number of carbonyl (C=O) groups is 1. The Labute approximate surface area is 124 Å². The van der Waals surface area contributed by atoms with Crippen LogP contribution < -0.4 is 9.47 Å². The number of hydrogen-bond donors (Lipinski definition) is 0. The average molecular weight is 282 g/mol. The Morgan fingerprint density at radius 1 is 0.857 bits per heavy atom. The SMILES string of the molecule is O=C1CCc2c(OCCCOc3ccccc3)cccc21. The van der Waals surface area contributed by atoms with Gasteiger partial charge in [0, 0.05) is 24.0 Å². The summed E-state index contributed by atoms with van der Waals surface area (Å²) in [6, 6.07) is 15.5. The predicted octanol–water partition coefficient (Wildman–Crippen LogP) is 3.66. The molecule has 108 valence electrons. The van der Waals surface area contributed by atoms with Gasteiger partial charge in [-0.05, 0) is 24.6 Å². The van der Waals surface area contributed by atoms with Crippen molar-refractivity contribution in [3.05, 3.63) is 59.7 Å². The second-order valence-electron chi connectivity index (χ2n) is 5.07. The molecular formula is C18H18O3. The number of rotatable bonds is 6. The summed E-state index contributed by atoms with van der Waals surface area (Å²) in [5.74, 6) is 1.95. The van der Waals surface area contributed by atoms with Crippen LogP contribution in [0.25, 0.3) is 0 Å². The van der Waals surface area contributed by atoms with Crippen molar-refractivity contribution in [2.75, 3.05) is 13.2 Å². The summed E-state index contributed by atoms with van der Waals surface area (Å²) in [5.41, 5.74) is 1.89. The zero-order valence-corrected chi connectivity index (χ0v) is 11.9. The topological polar surface area (TPSA) is 35.5 Å². The van der Waals surface area contributed by atoms with Crippen LogP contribution in [0.1, 0.15) is 28.8 Å². The second-order valence-corrected chi connectivity index (χ2v) is 5.07. The molecule has 0 aromatic heterocycles. The lowest BCUT2D eigenvalue weighted by Gasteiger charge is -2.10. The lowest BCUT2D eigenvalue weighted by Crippen LogP contribution is -2.06. The Balaban J connectivity index is 1.47. The Morgan fingerprint density at radius 3 is 2.52 bits per heavy atom. The van der Waals surface area contributed by atoms with Crippen molar-refractivity contribution in [2.24, 2.45) is 0 Å². The smallest absolute Gasteiger partial charge is 0.163 e. The van der Waals surface area contributed by atoms with E-state index in [1.807, 2.05) is 48.5 Å². The summed E-state index contributed by atoms with van der Waals surface area (Å²) in [6.45, 7) is 1.22. The Morgan fingerprint density at radius 2 is 1.67 bits per heavy atom. The van der Waals surface area contributed by atoms with Gasteiger partial charge in [0.15, 0.2) is 5.78 Å². The Kier molecular flexibility index (Phi) is 4.20. The van der Waals surface area contributed by atoms with Gasteiger partial charge in [0.25, 0.3) is 0 Å². The molecule has 0 amide bonds. The van der Waals surface area contributed by atoms with Crippen LogP contribution in [0, 0.1) is 0 Å². The summed E-state index contributed by atoms with van der Waals surface area (Å²) >= 11 is 0. The van der Waals surface area contributed by atoms with Gasteiger partial charge in [-0.15, -0.1) is 0 Å². The first-order chi connectivity index (χ1) is 10.3. The first-order valence-corrected chi connectivity index (χ1v) is 7.30. The molecule has 0 bridgehead atoms. The summed E-state index contributed by atoms with van der Waals surface area (Å²) in [7, 11) is 0. The molecule has 0 heterocycles. The van der Waals surface area contributed by atoms with E-state index in [1.54, 1.807) is 0 Å². The van der Waals surface area contributed by atoms with Crippen LogP contribution in [0.4, 0.5) is 0 Å². The molecule has 2 aromatic rings. The minimum atomic E-state index is 0.225. The number of carbonyl (C=O) groups excluding carboxylic acids is 1. The number of ether oxygens (including phenoxy) is 2. The van der Waals surface area contributed by atoms with Gasteiger partial charge in [0.1, 0.15) is 11.5 Å². The van der Waals surface area contributed by atoms with Crippen LogP contribution in [0.2, 0.25) is 0 Å². The quantitative estimate of drug-likeness (QED) is 0.758. The van der Waals surface area contributed by atoms with Gasteiger partial charge in [-0.3, -0.25) is 4.79 Å². The lowest BCUT2D eigenvalue weighted by atomic mass is 10.1. The summed E-state index contributed by atoms with van der Waals surface area (Å²) < 4.78 is 11.4. The fourth-order valence-electron chi connectivity index (χ4n) is 2.54. The van der Waals surface area contributed by atoms with E-state index in [0.29, 0.717) is 19.6 Å². The monoisotopic (exact) mass is 282 g/mol. The van der Waals surface area contributed by atoms with Crippen molar-refractivity contribution in [3.63, 3.8) is 0 Å². The fraction of sp³-hybridized carbons (Fsp3) is 0.278. The van der Waals surface area contributed by atoms with Gasteiger partial charge in [-0.25, -0.2) is 0 Å². The normalized spacial score (nSPS) is 13.0. The van der Waals surface area contributed by atoms with Crippen molar-refractivity contribution < 1.29 is 14.3 Å². The highest BCUT2D eigenvalue weighted by Crippen LogP contribution is 2.30. The maximum atomic E-state index is 11.7. The third-order valence-electron chi connectivity index (χ3n) is 3.59. The number of para-hydroxylation sites is 1. The highest BCUT2D eigenvalue weighted by Gasteiger charge is 2.22. The molecule has 3 nitrogen and oxygen atoms in total. The Bertz CT molecular complexity index is 620.